The van der Waals surface area contributed by atoms with Gasteiger partial charge in [-0.1, -0.05) is 23.2 Å². The minimum absolute atomic E-state index is 0.0829. The smallest absolute Gasteiger partial charge is 0.269 e. The van der Waals surface area contributed by atoms with Crippen LogP contribution in [0.1, 0.15) is 21.7 Å². The van der Waals surface area contributed by atoms with Crippen molar-refractivity contribution in [1.29, 1.82) is 0 Å². The predicted octanol–water partition coefficient (Wildman–Crippen LogP) is 3.03. The van der Waals surface area contributed by atoms with E-state index in [-0.39, 0.29) is 5.69 Å². The van der Waals surface area contributed by atoms with E-state index in [0.29, 0.717) is 38.9 Å². The summed E-state index contributed by atoms with van der Waals surface area (Å²) in [6.45, 7) is 0. The van der Waals surface area contributed by atoms with Gasteiger partial charge in [0.25, 0.3) is 5.91 Å². The Morgan fingerprint density at radius 1 is 1.17 bits per heavy atom. The first-order valence-electron chi connectivity index (χ1n) is 6.92. The van der Waals surface area contributed by atoms with E-state index in [9.17, 15) is 4.79 Å². The zero-order valence-corrected chi connectivity index (χ0v) is 14.1. The van der Waals surface area contributed by atoms with Crippen molar-refractivity contribution in [2.45, 2.75) is 6.42 Å². The molecule has 0 saturated carbocycles. The van der Waals surface area contributed by atoms with E-state index in [4.69, 9.17) is 33.7 Å². The summed E-state index contributed by atoms with van der Waals surface area (Å²) in [7, 11) is 1.54. The van der Waals surface area contributed by atoms with Crippen LogP contribution in [0.3, 0.4) is 0 Å². The molecule has 2 aromatic heterocycles. The van der Waals surface area contributed by atoms with Crippen LogP contribution in [0.15, 0.2) is 30.6 Å². The van der Waals surface area contributed by atoms with Crippen molar-refractivity contribution in [3.05, 3.63) is 57.6 Å². The molecular weight excluding hydrogens is 351 g/mol. The molecular formula is C16H12Cl2N4O2. The molecule has 1 amide bonds. The van der Waals surface area contributed by atoms with Crippen molar-refractivity contribution in [2.75, 3.05) is 7.11 Å². The normalized spacial score (nSPS) is 10.8. The number of carbonyl (C=O) groups is 1. The third-order valence-corrected chi connectivity index (χ3v) is 4.24. The van der Waals surface area contributed by atoms with E-state index in [1.54, 1.807) is 18.2 Å². The van der Waals surface area contributed by atoms with Gasteiger partial charge in [-0.25, -0.2) is 0 Å². The zero-order chi connectivity index (χ0) is 17.3. The van der Waals surface area contributed by atoms with E-state index in [2.05, 4.69) is 15.2 Å². The number of pyridine rings is 1. The Hall–Kier alpha value is -2.44. The molecule has 122 valence electrons. The van der Waals surface area contributed by atoms with Crippen molar-refractivity contribution in [3.8, 4) is 5.75 Å². The van der Waals surface area contributed by atoms with Crippen molar-refractivity contribution < 1.29 is 9.53 Å². The number of nitrogens with zero attached hydrogens (tertiary/aromatic N) is 3. The number of fused-ring (bicyclic) bond motifs is 1. The molecule has 0 fully saturated rings. The van der Waals surface area contributed by atoms with E-state index < -0.39 is 5.91 Å². The first kappa shape index (κ1) is 16.4. The maximum atomic E-state index is 11.6. The summed E-state index contributed by atoms with van der Waals surface area (Å²) < 4.78 is 5.20. The van der Waals surface area contributed by atoms with Crippen molar-refractivity contribution in [3.63, 3.8) is 0 Å². The summed E-state index contributed by atoms with van der Waals surface area (Å²) in [4.78, 5) is 15.6. The number of primary amides is 1. The van der Waals surface area contributed by atoms with Crippen LogP contribution in [0.2, 0.25) is 10.0 Å². The summed E-state index contributed by atoms with van der Waals surface area (Å²) in [5, 5.41) is 10.2. The first-order valence-corrected chi connectivity index (χ1v) is 7.68. The largest absolute Gasteiger partial charge is 0.497 e. The lowest BCUT2D eigenvalue weighted by molar-refractivity contribution is 0.0996. The molecule has 0 aliphatic heterocycles. The van der Waals surface area contributed by atoms with E-state index in [0.717, 1.165) is 5.39 Å². The van der Waals surface area contributed by atoms with Gasteiger partial charge in [-0.15, -0.1) is 5.10 Å². The molecule has 3 aromatic rings. The highest BCUT2D eigenvalue weighted by Gasteiger charge is 2.16. The number of ether oxygens (including phenoxy) is 1. The second kappa shape index (κ2) is 6.59. The number of aromatic nitrogens is 3. The van der Waals surface area contributed by atoms with Gasteiger partial charge in [-0.2, -0.15) is 5.10 Å². The second-order valence-corrected chi connectivity index (χ2v) is 5.84. The fraction of sp³-hybridized carbons (Fsp3) is 0.125. The number of rotatable bonds is 4. The van der Waals surface area contributed by atoms with Gasteiger partial charge < -0.3 is 10.5 Å². The van der Waals surface area contributed by atoms with Crippen LogP contribution in [-0.2, 0) is 6.42 Å². The lowest BCUT2D eigenvalue weighted by Gasteiger charge is -2.11. The number of hydrogen-bond acceptors (Lipinski definition) is 5. The molecule has 24 heavy (non-hydrogen) atoms. The average Bonchev–Trinajstić information content (AvgIpc) is 2.57. The number of methoxy groups -OCH3 is 1. The van der Waals surface area contributed by atoms with Gasteiger partial charge in [0.15, 0.2) is 5.69 Å². The number of benzene rings is 1. The van der Waals surface area contributed by atoms with Crippen LogP contribution in [-0.4, -0.2) is 28.2 Å². The number of nitrogens with two attached hydrogens (primary N) is 1. The van der Waals surface area contributed by atoms with Crippen LogP contribution in [0.25, 0.3) is 10.8 Å². The molecule has 2 heterocycles. The number of halogens is 2. The van der Waals surface area contributed by atoms with Crippen LogP contribution >= 0.6 is 23.2 Å². The molecule has 0 aliphatic rings. The topological polar surface area (TPSA) is 91.0 Å². The van der Waals surface area contributed by atoms with Gasteiger partial charge in [0.2, 0.25) is 0 Å². The lowest BCUT2D eigenvalue weighted by atomic mass is 10.0. The highest BCUT2D eigenvalue weighted by Crippen LogP contribution is 2.29. The quantitative estimate of drug-likeness (QED) is 0.769. The first-order chi connectivity index (χ1) is 11.5. The number of carbonyl (C=O) groups excluding carboxylic acids is 1. The van der Waals surface area contributed by atoms with Crippen LogP contribution in [0.4, 0.5) is 0 Å². The van der Waals surface area contributed by atoms with E-state index in [1.807, 2.05) is 0 Å². The Labute approximate surface area is 147 Å². The minimum atomic E-state index is -0.660. The zero-order valence-electron chi connectivity index (χ0n) is 12.6. The summed E-state index contributed by atoms with van der Waals surface area (Å²) in [5.41, 5.74) is 6.78. The molecule has 0 saturated heterocycles. The molecule has 1 aromatic carbocycles. The van der Waals surface area contributed by atoms with Crippen LogP contribution in [0.5, 0.6) is 5.75 Å². The Kier molecular flexibility index (Phi) is 4.51. The third-order valence-electron chi connectivity index (χ3n) is 3.59. The maximum absolute atomic E-state index is 11.6. The third kappa shape index (κ3) is 2.98. The predicted molar refractivity (Wildman–Crippen MR) is 91.7 cm³/mol. The second-order valence-electron chi connectivity index (χ2n) is 5.03. The molecule has 2 N–H and O–H groups in total. The molecule has 0 unspecified atom stereocenters. The highest BCUT2D eigenvalue weighted by molar-refractivity contribution is 6.35. The summed E-state index contributed by atoms with van der Waals surface area (Å²) in [6, 6.07) is 5.27. The molecule has 0 bridgehead atoms. The van der Waals surface area contributed by atoms with Gasteiger partial charge in [-0.3, -0.25) is 9.78 Å². The maximum Gasteiger partial charge on any atom is 0.269 e. The summed E-state index contributed by atoms with van der Waals surface area (Å²) >= 11 is 12.3. The standard InChI is InChI=1S/C16H12Cl2N4O2/c1-24-8-2-3-9-10(4-8)15(16(19)23)22-21-14(9)5-11-12(17)6-20-7-13(11)18/h2-4,6-7H,5H2,1H3,(H2,19,23). The van der Waals surface area contributed by atoms with Crippen molar-refractivity contribution in [1.82, 2.24) is 15.2 Å². The number of hydrogen-bond donors (Lipinski definition) is 1. The average molecular weight is 363 g/mol. The molecule has 0 spiro atoms. The molecule has 6 nitrogen and oxygen atoms in total. The Morgan fingerprint density at radius 3 is 2.50 bits per heavy atom. The SMILES string of the molecule is COc1ccc2c(Cc3c(Cl)cncc3Cl)nnc(C(N)=O)c2c1. The van der Waals surface area contributed by atoms with Crippen LogP contribution < -0.4 is 10.5 Å². The van der Waals surface area contributed by atoms with Gasteiger partial charge in [0, 0.05) is 29.6 Å². The molecule has 0 atom stereocenters. The molecule has 3 rings (SSSR count). The Bertz CT molecular complexity index is 927. The van der Waals surface area contributed by atoms with Crippen molar-refractivity contribution in [2.24, 2.45) is 5.73 Å². The monoisotopic (exact) mass is 362 g/mol. The van der Waals surface area contributed by atoms with Gasteiger partial charge in [0.1, 0.15) is 5.75 Å². The van der Waals surface area contributed by atoms with Gasteiger partial charge >= 0.3 is 0 Å². The lowest BCUT2D eigenvalue weighted by Crippen LogP contribution is -2.15. The van der Waals surface area contributed by atoms with E-state index >= 15 is 0 Å². The Morgan fingerprint density at radius 2 is 1.88 bits per heavy atom. The number of amides is 1. The fourth-order valence-corrected chi connectivity index (χ4v) is 2.90. The van der Waals surface area contributed by atoms with Gasteiger partial charge in [-0.05, 0) is 23.8 Å². The summed E-state index contributed by atoms with van der Waals surface area (Å²) in [5.74, 6) is -0.0730. The van der Waals surface area contributed by atoms with Crippen LogP contribution in [0, 0.1) is 0 Å². The van der Waals surface area contributed by atoms with Crippen molar-refractivity contribution >= 4 is 39.9 Å². The van der Waals surface area contributed by atoms with Gasteiger partial charge in [0.05, 0.1) is 22.8 Å². The fourth-order valence-electron chi connectivity index (χ4n) is 2.40. The molecule has 0 aliphatic carbocycles. The molecule has 0 radical (unpaired) electrons. The summed E-state index contributed by atoms with van der Waals surface area (Å²) in [6.07, 6.45) is 3.37. The minimum Gasteiger partial charge on any atom is -0.497 e. The van der Waals surface area contributed by atoms with E-state index in [1.165, 1.54) is 19.5 Å². The Balaban J connectivity index is 2.19. The molecule has 8 heteroatoms. The highest BCUT2D eigenvalue weighted by atomic mass is 35.5.